The Kier molecular flexibility index (Phi) is 4.09. The van der Waals surface area contributed by atoms with Crippen molar-refractivity contribution in [1.29, 1.82) is 0 Å². The molecule has 0 aromatic carbocycles. The highest BCUT2D eigenvalue weighted by Gasteiger charge is 2.17. The van der Waals surface area contributed by atoms with Gasteiger partial charge in [-0.3, -0.25) is 5.32 Å². The first-order valence-corrected chi connectivity index (χ1v) is 7.86. The van der Waals surface area contributed by atoms with Crippen molar-refractivity contribution in [3.8, 4) is 0 Å². The summed E-state index contributed by atoms with van der Waals surface area (Å²) in [5.74, 6) is 1.79. The van der Waals surface area contributed by atoms with E-state index in [2.05, 4.69) is 42.5 Å². The van der Waals surface area contributed by atoms with Crippen molar-refractivity contribution < 1.29 is 4.79 Å². The number of fused-ring (bicyclic) bond motifs is 1. The lowest BCUT2D eigenvalue weighted by Crippen LogP contribution is -2.29. The van der Waals surface area contributed by atoms with Crippen LogP contribution in [0.25, 0.3) is 0 Å². The Bertz CT molecular complexity index is 635. The number of carbonyl (C=O) groups excluding carboxylic acids is 1. The van der Waals surface area contributed by atoms with Crippen LogP contribution in [0.5, 0.6) is 0 Å². The number of nitrogens with one attached hydrogen (secondary N) is 2. The maximum atomic E-state index is 11.8. The van der Waals surface area contributed by atoms with Gasteiger partial charge in [-0.05, 0) is 12.8 Å². The summed E-state index contributed by atoms with van der Waals surface area (Å²) in [6.07, 6.45) is 3.95. The van der Waals surface area contributed by atoms with E-state index in [1.54, 1.807) is 0 Å². The Balaban J connectivity index is 1.51. The number of rotatable bonds is 5. The fourth-order valence-corrected chi connectivity index (χ4v) is 3.10. The number of hydrogen-bond acceptors (Lipinski definition) is 6. The van der Waals surface area contributed by atoms with Crippen LogP contribution >= 0.6 is 11.3 Å². The average Bonchev–Trinajstić information content (AvgIpc) is 3.14. The third kappa shape index (κ3) is 3.18. The SMILES string of the molecule is CCCc1nnc(NC(=O)NCc2nnc3n2CCC3)s1. The summed E-state index contributed by atoms with van der Waals surface area (Å²) in [6.45, 7) is 3.37. The van der Waals surface area contributed by atoms with E-state index in [-0.39, 0.29) is 6.03 Å². The molecular weight excluding hydrogens is 290 g/mol. The van der Waals surface area contributed by atoms with Crippen LogP contribution in [0.1, 0.15) is 36.4 Å². The lowest BCUT2D eigenvalue weighted by atomic mass is 10.4. The summed E-state index contributed by atoms with van der Waals surface area (Å²) < 4.78 is 2.06. The molecule has 0 radical (unpaired) electrons. The second-order valence-electron chi connectivity index (χ2n) is 4.85. The normalized spacial score (nSPS) is 13.2. The minimum Gasteiger partial charge on any atom is -0.331 e. The molecule has 0 spiro atoms. The highest BCUT2D eigenvalue weighted by molar-refractivity contribution is 7.15. The molecule has 2 aromatic rings. The monoisotopic (exact) mass is 307 g/mol. The second-order valence-corrected chi connectivity index (χ2v) is 5.91. The molecule has 0 saturated carbocycles. The predicted molar refractivity (Wildman–Crippen MR) is 78.1 cm³/mol. The third-order valence-corrected chi connectivity index (χ3v) is 4.14. The molecule has 1 aliphatic heterocycles. The van der Waals surface area contributed by atoms with Crippen LogP contribution in [0.4, 0.5) is 9.93 Å². The highest BCUT2D eigenvalue weighted by Crippen LogP contribution is 2.16. The van der Waals surface area contributed by atoms with Gasteiger partial charge >= 0.3 is 6.03 Å². The number of hydrogen-bond donors (Lipinski definition) is 2. The van der Waals surface area contributed by atoms with E-state index in [0.29, 0.717) is 11.7 Å². The Morgan fingerprint density at radius 3 is 3.10 bits per heavy atom. The van der Waals surface area contributed by atoms with E-state index in [4.69, 9.17) is 0 Å². The molecule has 0 fully saturated rings. The number of amides is 2. The first-order chi connectivity index (χ1) is 10.3. The molecule has 8 nitrogen and oxygen atoms in total. The number of aryl methyl sites for hydroxylation is 2. The van der Waals surface area contributed by atoms with Gasteiger partial charge in [-0.25, -0.2) is 4.79 Å². The Morgan fingerprint density at radius 2 is 2.24 bits per heavy atom. The Labute approximate surface area is 126 Å². The van der Waals surface area contributed by atoms with Crippen molar-refractivity contribution in [2.45, 2.75) is 45.7 Å². The zero-order chi connectivity index (χ0) is 14.7. The van der Waals surface area contributed by atoms with Crippen molar-refractivity contribution in [3.63, 3.8) is 0 Å². The first kappa shape index (κ1) is 13.9. The van der Waals surface area contributed by atoms with Gasteiger partial charge in [0.1, 0.15) is 10.8 Å². The first-order valence-electron chi connectivity index (χ1n) is 7.04. The molecule has 1 aliphatic rings. The molecule has 2 aromatic heterocycles. The summed E-state index contributed by atoms with van der Waals surface area (Å²) in [4.78, 5) is 11.8. The Hall–Kier alpha value is -2.03. The van der Waals surface area contributed by atoms with Crippen molar-refractivity contribution in [2.24, 2.45) is 0 Å². The molecule has 0 bridgehead atoms. The van der Waals surface area contributed by atoms with Gasteiger partial charge in [0.25, 0.3) is 0 Å². The molecule has 112 valence electrons. The van der Waals surface area contributed by atoms with E-state index >= 15 is 0 Å². The molecule has 2 N–H and O–H groups in total. The van der Waals surface area contributed by atoms with Gasteiger partial charge in [-0.2, -0.15) is 0 Å². The summed E-state index contributed by atoms with van der Waals surface area (Å²) in [5.41, 5.74) is 0. The van der Waals surface area contributed by atoms with Crippen molar-refractivity contribution in [1.82, 2.24) is 30.3 Å². The minimum absolute atomic E-state index is 0.301. The van der Waals surface area contributed by atoms with E-state index in [1.807, 2.05) is 0 Å². The molecule has 3 rings (SSSR count). The summed E-state index contributed by atoms with van der Waals surface area (Å²) in [6, 6.07) is -0.301. The molecule has 0 saturated heterocycles. The van der Waals surface area contributed by atoms with E-state index in [9.17, 15) is 4.79 Å². The molecule has 2 amide bonds. The minimum atomic E-state index is -0.301. The molecular formula is C12H17N7OS. The zero-order valence-corrected chi connectivity index (χ0v) is 12.6. The van der Waals surface area contributed by atoms with E-state index in [1.165, 1.54) is 11.3 Å². The van der Waals surface area contributed by atoms with Crippen LogP contribution in [0.3, 0.4) is 0 Å². The molecule has 3 heterocycles. The maximum absolute atomic E-state index is 11.8. The molecule has 0 unspecified atom stereocenters. The van der Waals surface area contributed by atoms with Crippen molar-refractivity contribution in [2.75, 3.05) is 5.32 Å². The number of aromatic nitrogens is 5. The zero-order valence-electron chi connectivity index (χ0n) is 11.8. The van der Waals surface area contributed by atoms with Crippen LogP contribution in [-0.2, 0) is 25.9 Å². The topological polar surface area (TPSA) is 97.6 Å². The summed E-state index contributed by atoms with van der Waals surface area (Å²) in [5, 5.41) is 23.1. The van der Waals surface area contributed by atoms with Crippen LogP contribution < -0.4 is 10.6 Å². The average molecular weight is 307 g/mol. The molecule has 0 atom stereocenters. The van der Waals surface area contributed by atoms with Crippen LogP contribution in [-0.4, -0.2) is 31.0 Å². The lowest BCUT2D eigenvalue weighted by molar-refractivity contribution is 0.251. The van der Waals surface area contributed by atoms with Gasteiger partial charge in [-0.1, -0.05) is 18.3 Å². The van der Waals surface area contributed by atoms with Crippen molar-refractivity contribution in [3.05, 3.63) is 16.7 Å². The van der Waals surface area contributed by atoms with E-state index < -0.39 is 0 Å². The fourth-order valence-electron chi connectivity index (χ4n) is 2.26. The fraction of sp³-hybridized carbons (Fsp3) is 0.583. The number of urea groups is 1. The van der Waals surface area contributed by atoms with Gasteiger partial charge in [0.05, 0.1) is 6.54 Å². The lowest BCUT2D eigenvalue weighted by Gasteiger charge is -2.05. The van der Waals surface area contributed by atoms with Gasteiger partial charge in [0.15, 0.2) is 5.82 Å². The number of anilines is 1. The second kappa shape index (κ2) is 6.17. The Morgan fingerprint density at radius 1 is 1.33 bits per heavy atom. The van der Waals surface area contributed by atoms with Crippen LogP contribution in [0, 0.1) is 0 Å². The number of nitrogens with zero attached hydrogens (tertiary/aromatic N) is 5. The highest BCUT2D eigenvalue weighted by atomic mass is 32.1. The van der Waals surface area contributed by atoms with E-state index in [0.717, 1.165) is 48.9 Å². The molecule has 21 heavy (non-hydrogen) atoms. The van der Waals surface area contributed by atoms with Crippen molar-refractivity contribution >= 4 is 22.5 Å². The molecule has 9 heteroatoms. The van der Waals surface area contributed by atoms with Gasteiger partial charge in [0, 0.05) is 19.4 Å². The maximum Gasteiger partial charge on any atom is 0.321 e. The largest absolute Gasteiger partial charge is 0.331 e. The quantitative estimate of drug-likeness (QED) is 0.869. The standard InChI is InChI=1S/C12H17N7OS/c1-2-4-10-17-18-12(21-10)14-11(20)13-7-9-16-15-8-5-3-6-19(8)9/h2-7H2,1H3,(H2,13,14,18,20). The van der Waals surface area contributed by atoms with Crippen LogP contribution in [0.2, 0.25) is 0 Å². The summed E-state index contributed by atoms with van der Waals surface area (Å²) in [7, 11) is 0. The van der Waals surface area contributed by atoms with Gasteiger partial charge < -0.3 is 9.88 Å². The molecule has 0 aliphatic carbocycles. The third-order valence-electron chi connectivity index (χ3n) is 3.24. The number of carbonyl (C=O) groups is 1. The van der Waals surface area contributed by atoms with Gasteiger partial charge in [0.2, 0.25) is 5.13 Å². The smallest absolute Gasteiger partial charge is 0.321 e. The van der Waals surface area contributed by atoms with Crippen LogP contribution in [0.15, 0.2) is 0 Å². The summed E-state index contributed by atoms with van der Waals surface area (Å²) >= 11 is 1.40. The predicted octanol–water partition coefficient (Wildman–Crippen LogP) is 1.35. The van der Waals surface area contributed by atoms with Gasteiger partial charge in [-0.15, -0.1) is 20.4 Å².